The molecule has 1 aromatic rings. The predicted octanol–water partition coefficient (Wildman–Crippen LogP) is 1.40. The molecule has 0 bridgehead atoms. The second-order valence-electron chi connectivity index (χ2n) is 4.29. The number of pyridine rings is 1. The lowest BCUT2D eigenvalue weighted by atomic mass is 9.97. The van der Waals surface area contributed by atoms with E-state index in [1.54, 1.807) is 25.4 Å². The molecule has 100 valence electrons. The molecular weight excluding hydrogens is 230 g/mol. The van der Waals surface area contributed by atoms with Crippen LogP contribution >= 0.6 is 0 Å². The second-order valence-corrected chi connectivity index (χ2v) is 4.29. The first-order chi connectivity index (χ1) is 8.54. The molecule has 0 saturated carbocycles. The van der Waals surface area contributed by atoms with Crippen LogP contribution in [-0.2, 0) is 0 Å². The van der Waals surface area contributed by atoms with Crippen LogP contribution in [0.25, 0.3) is 0 Å². The number of hydrogen-bond donors (Lipinski definition) is 3. The maximum absolute atomic E-state index is 11.4. The monoisotopic (exact) mass is 251 g/mol. The van der Waals surface area contributed by atoms with Crippen LogP contribution in [0.1, 0.15) is 37.2 Å². The van der Waals surface area contributed by atoms with Crippen molar-refractivity contribution in [3.05, 3.63) is 24.0 Å². The van der Waals surface area contributed by atoms with Gasteiger partial charge >= 0.3 is 0 Å². The molecule has 1 rings (SSSR count). The van der Waals surface area contributed by atoms with Crippen molar-refractivity contribution in [2.24, 2.45) is 0 Å². The van der Waals surface area contributed by atoms with Gasteiger partial charge in [-0.1, -0.05) is 13.8 Å². The van der Waals surface area contributed by atoms with E-state index in [0.717, 1.165) is 5.69 Å². The summed E-state index contributed by atoms with van der Waals surface area (Å²) < 4.78 is 0. The summed E-state index contributed by atoms with van der Waals surface area (Å²) in [5.41, 5.74) is 0.430. The van der Waals surface area contributed by atoms with Crippen LogP contribution in [0.3, 0.4) is 0 Å². The number of carbonyl (C=O) groups is 1. The second kappa shape index (κ2) is 6.35. The van der Waals surface area contributed by atoms with E-state index in [9.17, 15) is 9.90 Å². The molecule has 3 N–H and O–H groups in total. The van der Waals surface area contributed by atoms with Crippen molar-refractivity contribution in [2.75, 3.05) is 18.9 Å². The first-order valence-electron chi connectivity index (χ1n) is 6.19. The lowest BCUT2D eigenvalue weighted by Gasteiger charge is -2.26. The molecule has 18 heavy (non-hydrogen) atoms. The highest BCUT2D eigenvalue weighted by Crippen LogP contribution is 2.16. The van der Waals surface area contributed by atoms with E-state index in [2.05, 4.69) is 15.6 Å². The van der Waals surface area contributed by atoms with Gasteiger partial charge in [0.05, 0.1) is 5.60 Å². The third-order valence-electron chi connectivity index (χ3n) is 3.16. The van der Waals surface area contributed by atoms with Gasteiger partial charge in [-0.25, -0.2) is 0 Å². The molecule has 5 heteroatoms. The molecule has 0 spiro atoms. The van der Waals surface area contributed by atoms with Crippen LogP contribution in [0.4, 0.5) is 5.69 Å². The number of aromatic nitrogens is 1. The first-order valence-corrected chi connectivity index (χ1v) is 6.19. The number of carbonyl (C=O) groups excluding carboxylic acids is 1. The van der Waals surface area contributed by atoms with Crippen molar-refractivity contribution in [2.45, 2.75) is 32.3 Å². The van der Waals surface area contributed by atoms with Gasteiger partial charge in [0, 0.05) is 25.5 Å². The van der Waals surface area contributed by atoms with Crippen LogP contribution in [0.2, 0.25) is 0 Å². The van der Waals surface area contributed by atoms with Gasteiger partial charge in [-0.3, -0.25) is 9.78 Å². The lowest BCUT2D eigenvalue weighted by Crippen LogP contribution is -2.35. The zero-order valence-electron chi connectivity index (χ0n) is 11.2. The van der Waals surface area contributed by atoms with Crippen molar-refractivity contribution < 1.29 is 9.90 Å². The summed E-state index contributed by atoms with van der Waals surface area (Å²) in [5.74, 6) is -0.222. The minimum Gasteiger partial charge on any atom is -0.388 e. The van der Waals surface area contributed by atoms with Gasteiger partial charge in [-0.15, -0.1) is 0 Å². The molecule has 0 aliphatic rings. The van der Waals surface area contributed by atoms with E-state index >= 15 is 0 Å². The zero-order chi connectivity index (χ0) is 13.6. The summed E-state index contributed by atoms with van der Waals surface area (Å²) in [6.45, 7) is 4.36. The van der Waals surface area contributed by atoms with E-state index < -0.39 is 5.60 Å². The Bertz CT molecular complexity index is 403. The Morgan fingerprint density at radius 2 is 2.11 bits per heavy atom. The SMILES string of the molecule is CCC(O)(CC)CNc1ccnc(C(=O)NC)c1. The van der Waals surface area contributed by atoms with E-state index in [0.29, 0.717) is 25.1 Å². The molecule has 0 aliphatic heterocycles. The Morgan fingerprint density at radius 1 is 1.44 bits per heavy atom. The maximum atomic E-state index is 11.4. The van der Waals surface area contributed by atoms with Crippen molar-refractivity contribution in [3.8, 4) is 0 Å². The Balaban J connectivity index is 2.71. The fraction of sp³-hybridized carbons (Fsp3) is 0.538. The van der Waals surface area contributed by atoms with Crippen LogP contribution in [0.15, 0.2) is 18.3 Å². The van der Waals surface area contributed by atoms with Crippen molar-refractivity contribution in [3.63, 3.8) is 0 Å². The molecule has 1 amide bonds. The van der Waals surface area contributed by atoms with Crippen molar-refractivity contribution in [1.29, 1.82) is 0 Å². The highest BCUT2D eigenvalue weighted by molar-refractivity contribution is 5.92. The average Bonchev–Trinajstić information content (AvgIpc) is 2.44. The van der Waals surface area contributed by atoms with Gasteiger partial charge in [-0.05, 0) is 25.0 Å². The molecule has 0 aliphatic carbocycles. The van der Waals surface area contributed by atoms with Crippen LogP contribution in [0, 0.1) is 0 Å². The topological polar surface area (TPSA) is 74.2 Å². The summed E-state index contributed by atoms with van der Waals surface area (Å²) >= 11 is 0. The van der Waals surface area contributed by atoms with E-state index in [-0.39, 0.29) is 5.91 Å². The zero-order valence-corrected chi connectivity index (χ0v) is 11.2. The molecule has 0 radical (unpaired) electrons. The minimum absolute atomic E-state index is 0.222. The molecule has 0 saturated heterocycles. The van der Waals surface area contributed by atoms with E-state index in [1.165, 1.54) is 0 Å². The van der Waals surface area contributed by atoms with Gasteiger partial charge in [0.2, 0.25) is 0 Å². The highest BCUT2D eigenvalue weighted by atomic mass is 16.3. The first kappa shape index (κ1) is 14.4. The normalized spacial score (nSPS) is 11.1. The quantitative estimate of drug-likeness (QED) is 0.714. The summed E-state index contributed by atoms with van der Waals surface area (Å²) in [6, 6.07) is 3.45. The summed E-state index contributed by atoms with van der Waals surface area (Å²) in [6.07, 6.45) is 2.94. The van der Waals surface area contributed by atoms with E-state index in [4.69, 9.17) is 0 Å². The Labute approximate surface area is 108 Å². The number of hydrogen-bond acceptors (Lipinski definition) is 4. The van der Waals surface area contributed by atoms with Crippen LogP contribution in [0.5, 0.6) is 0 Å². The Morgan fingerprint density at radius 3 is 2.67 bits per heavy atom. The number of nitrogens with one attached hydrogen (secondary N) is 2. The third-order valence-corrected chi connectivity index (χ3v) is 3.16. The summed E-state index contributed by atoms with van der Waals surface area (Å²) in [7, 11) is 1.57. The average molecular weight is 251 g/mol. The van der Waals surface area contributed by atoms with Crippen molar-refractivity contribution >= 4 is 11.6 Å². The smallest absolute Gasteiger partial charge is 0.269 e. The molecule has 1 aromatic heterocycles. The predicted molar refractivity (Wildman–Crippen MR) is 71.6 cm³/mol. The van der Waals surface area contributed by atoms with Gasteiger partial charge in [-0.2, -0.15) is 0 Å². The fourth-order valence-corrected chi connectivity index (χ4v) is 1.56. The lowest BCUT2D eigenvalue weighted by molar-refractivity contribution is 0.0457. The number of amides is 1. The Hall–Kier alpha value is -1.62. The van der Waals surface area contributed by atoms with Gasteiger partial charge in [0.25, 0.3) is 5.91 Å². The standard InChI is InChI=1S/C13H21N3O2/c1-4-13(18,5-2)9-16-10-6-7-15-11(8-10)12(17)14-3/h6-8,18H,4-5,9H2,1-3H3,(H,14,17)(H,15,16). The van der Waals surface area contributed by atoms with Crippen LogP contribution in [-0.4, -0.2) is 35.2 Å². The molecular formula is C13H21N3O2. The van der Waals surface area contributed by atoms with Gasteiger partial charge in [0.1, 0.15) is 5.69 Å². The highest BCUT2D eigenvalue weighted by Gasteiger charge is 2.21. The molecule has 5 nitrogen and oxygen atoms in total. The minimum atomic E-state index is -0.712. The molecule has 1 heterocycles. The summed E-state index contributed by atoms with van der Waals surface area (Å²) in [5, 5.41) is 15.8. The van der Waals surface area contributed by atoms with Crippen LogP contribution < -0.4 is 10.6 Å². The molecule has 0 aromatic carbocycles. The Kier molecular flexibility index (Phi) is 5.09. The number of nitrogens with zero attached hydrogens (tertiary/aromatic N) is 1. The van der Waals surface area contributed by atoms with Gasteiger partial charge < -0.3 is 15.7 Å². The number of aliphatic hydroxyl groups is 1. The molecule has 0 unspecified atom stereocenters. The molecule has 0 atom stereocenters. The van der Waals surface area contributed by atoms with E-state index in [1.807, 2.05) is 13.8 Å². The van der Waals surface area contributed by atoms with Gasteiger partial charge in [0.15, 0.2) is 0 Å². The third kappa shape index (κ3) is 3.70. The number of anilines is 1. The fourth-order valence-electron chi connectivity index (χ4n) is 1.56. The maximum Gasteiger partial charge on any atom is 0.269 e. The summed E-state index contributed by atoms with van der Waals surface area (Å²) in [4.78, 5) is 15.4. The van der Waals surface area contributed by atoms with Crippen molar-refractivity contribution in [1.82, 2.24) is 10.3 Å². The largest absolute Gasteiger partial charge is 0.388 e. The number of rotatable bonds is 6. The molecule has 0 fully saturated rings.